The fraction of sp³-hybridized carbons (Fsp3) is 0.800. The van der Waals surface area contributed by atoms with Crippen molar-refractivity contribution in [1.82, 2.24) is 20.0 Å². The second kappa shape index (κ2) is 14.0. The summed E-state index contributed by atoms with van der Waals surface area (Å²) in [6.45, 7) is 3.07. The van der Waals surface area contributed by atoms with Crippen LogP contribution in [0.2, 0.25) is 0 Å². The Bertz CT molecular complexity index is 608. The number of hydrogen-bond donors (Lipinski definition) is 0. The summed E-state index contributed by atoms with van der Waals surface area (Å²) in [5, 5.41) is 8.42. The van der Waals surface area contributed by atoms with Crippen molar-refractivity contribution in [1.29, 1.82) is 0 Å². The molecule has 0 bridgehead atoms. The number of ketones is 1. The maximum atomic E-state index is 13.1. The maximum absolute atomic E-state index is 13.1. The molecule has 1 unspecified atom stereocenters. The van der Waals surface area contributed by atoms with E-state index < -0.39 is 6.04 Å². The number of carbonyl (C=O) groups is 2. The van der Waals surface area contributed by atoms with Crippen LogP contribution in [0, 0.1) is 0 Å². The number of rotatable bonds is 13. The van der Waals surface area contributed by atoms with Gasteiger partial charge in [0.15, 0.2) is 0 Å². The number of unbranched alkanes of at least 4 members (excludes halogenated alkanes) is 1. The summed E-state index contributed by atoms with van der Waals surface area (Å²) >= 11 is 1.47. The molecular weight excluding hydrogens is 412 g/mol. The van der Waals surface area contributed by atoms with E-state index in [0.29, 0.717) is 11.6 Å². The lowest BCUT2D eigenvalue weighted by molar-refractivity contribution is -0.122. The predicted octanol–water partition coefficient (Wildman–Crippen LogP) is 4.07. The summed E-state index contributed by atoms with van der Waals surface area (Å²) in [5.41, 5.74) is 0. The molecule has 29 heavy (non-hydrogen) atoms. The second-order valence-corrected chi connectivity index (χ2v) is 8.79. The van der Waals surface area contributed by atoms with Crippen molar-refractivity contribution in [2.24, 2.45) is 0 Å². The average Bonchev–Trinajstić information content (AvgIpc) is 3.17. The van der Waals surface area contributed by atoms with Crippen LogP contribution in [0.5, 0.6) is 0 Å². The lowest BCUT2D eigenvalue weighted by Crippen LogP contribution is -2.47. The highest BCUT2D eigenvalue weighted by molar-refractivity contribution is 7.99. The number of aromatic nitrogens is 2. The Hall–Kier alpha value is -1.12. The molecular formula is C20H35ClN4O3S. The van der Waals surface area contributed by atoms with Gasteiger partial charge in [0.05, 0.1) is 0 Å². The highest BCUT2D eigenvalue weighted by Gasteiger charge is 2.34. The smallest absolute Gasteiger partial charge is 0.286 e. The Morgan fingerprint density at radius 2 is 1.97 bits per heavy atom. The van der Waals surface area contributed by atoms with Gasteiger partial charge in [-0.3, -0.25) is 9.59 Å². The topological polar surface area (TPSA) is 79.5 Å². The fourth-order valence-corrected chi connectivity index (χ4v) is 4.34. The number of Topliss-reactive ketones (excluding diaryl/α,β-unsaturated/α-hetero) is 1. The van der Waals surface area contributed by atoms with Crippen LogP contribution in [0.15, 0.2) is 9.64 Å². The van der Waals surface area contributed by atoms with E-state index in [0.717, 1.165) is 63.7 Å². The third kappa shape index (κ3) is 8.26. The Morgan fingerprint density at radius 1 is 1.24 bits per heavy atom. The number of amides is 1. The third-order valence-electron chi connectivity index (χ3n) is 5.20. The van der Waals surface area contributed by atoms with Gasteiger partial charge in [0.2, 0.25) is 12.2 Å². The molecule has 7 nitrogen and oxygen atoms in total. The molecule has 1 heterocycles. The molecule has 1 atom stereocenters. The number of halogens is 1. The van der Waals surface area contributed by atoms with E-state index in [-0.39, 0.29) is 30.1 Å². The molecule has 166 valence electrons. The van der Waals surface area contributed by atoms with E-state index in [9.17, 15) is 9.59 Å². The van der Waals surface area contributed by atoms with Gasteiger partial charge in [0, 0.05) is 11.8 Å². The monoisotopic (exact) mass is 446 g/mol. The van der Waals surface area contributed by atoms with Gasteiger partial charge in [0.1, 0.15) is 6.04 Å². The standard InChI is InChI=1S/C20H34N4O3S.ClH/c1-4-5-12-17(24(15-25)16-10-7-6-8-11-16)18(26)19-21-22-20(27-19)28-14-9-13-23(2)3;/h15-17H,4-14H2,1-3H3;1H. The zero-order valence-electron chi connectivity index (χ0n) is 17.8. The van der Waals surface area contributed by atoms with Crippen LogP contribution in [-0.4, -0.2) is 70.7 Å². The van der Waals surface area contributed by atoms with Gasteiger partial charge >= 0.3 is 0 Å². The summed E-state index contributed by atoms with van der Waals surface area (Å²) in [5.74, 6) is 0.660. The highest BCUT2D eigenvalue weighted by atomic mass is 35.5. The third-order valence-corrected chi connectivity index (χ3v) is 6.11. The largest absolute Gasteiger partial charge is 0.408 e. The van der Waals surface area contributed by atoms with Crippen molar-refractivity contribution in [3.63, 3.8) is 0 Å². The summed E-state index contributed by atoms with van der Waals surface area (Å²) in [6.07, 6.45) is 9.69. The Kier molecular flexibility index (Phi) is 12.5. The minimum Gasteiger partial charge on any atom is -0.408 e. The van der Waals surface area contributed by atoms with E-state index in [1.807, 2.05) is 14.1 Å². The quantitative estimate of drug-likeness (QED) is 0.195. The van der Waals surface area contributed by atoms with Crippen molar-refractivity contribution >= 4 is 36.4 Å². The van der Waals surface area contributed by atoms with Crippen LogP contribution in [0.4, 0.5) is 0 Å². The van der Waals surface area contributed by atoms with Crippen molar-refractivity contribution in [3.05, 3.63) is 5.89 Å². The van der Waals surface area contributed by atoms with Crippen molar-refractivity contribution in [2.75, 3.05) is 26.4 Å². The molecule has 1 saturated carbocycles. The van der Waals surface area contributed by atoms with E-state index in [2.05, 4.69) is 22.0 Å². The molecule has 0 radical (unpaired) electrons. The number of nitrogens with zero attached hydrogens (tertiary/aromatic N) is 4. The predicted molar refractivity (Wildman–Crippen MR) is 118 cm³/mol. The van der Waals surface area contributed by atoms with Crippen LogP contribution >= 0.6 is 24.2 Å². The molecule has 1 aliphatic carbocycles. The zero-order valence-corrected chi connectivity index (χ0v) is 19.5. The number of carbonyl (C=O) groups excluding carboxylic acids is 2. The molecule has 1 aromatic heterocycles. The van der Waals surface area contributed by atoms with Crippen molar-refractivity contribution in [2.45, 2.75) is 82.0 Å². The number of hydrogen-bond acceptors (Lipinski definition) is 7. The molecule has 0 aliphatic heterocycles. The molecule has 0 N–H and O–H groups in total. The van der Waals surface area contributed by atoms with Crippen molar-refractivity contribution in [3.8, 4) is 0 Å². The summed E-state index contributed by atoms with van der Waals surface area (Å²) in [6, 6.07) is -0.368. The Labute approximate surface area is 184 Å². The molecule has 2 rings (SSSR count). The SMILES string of the molecule is CCCCC(C(=O)c1nnc(SCCCN(C)C)o1)N(C=O)C1CCCCC1.Cl. The maximum Gasteiger partial charge on any atom is 0.286 e. The van der Waals surface area contributed by atoms with E-state index >= 15 is 0 Å². The van der Waals surface area contributed by atoms with Crippen LogP contribution in [0.25, 0.3) is 0 Å². The minimum atomic E-state index is -0.507. The lowest BCUT2D eigenvalue weighted by Gasteiger charge is -2.36. The van der Waals surface area contributed by atoms with Gasteiger partial charge in [-0.1, -0.05) is 50.8 Å². The van der Waals surface area contributed by atoms with Gasteiger partial charge in [0.25, 0.3) is 11.1 Å². The molecule has 0 aromatic carbocycles. The molecule has 0 saturated heterocycles. The van der Waals surface area contributed by atoms with E-state index in [4.69, 9.17) is 4.42 Å². The molecule has 1 aliphatic rings. The summed E-state index contributed by atoms with van der Waals surface area (Å²) < 4.78 is 5.63. The number of thioether (sulfide) groups is 1. The first-order valence-corrected chi connectivity index (χ1v) is 11.4. The molecule has 0 spiro atoms. The van der Waals surface area contributed by atoms with Gasteiger partial charge in [-0.2, -0.15) is 0 Å². The van der Waals surface area contributed by atoms with Crippen LogP contribution in [0.1, 0.15) is 75.4 Å². The molecule has 1 amide bonds. The average molecular weight is 447 g/mol. The zero-order chi connectivity index (χ0) is 20.4. The normalized spacial score (nSPS) is 15.7. The van der Waals surface area contributed by atoms with Crippen LogP contribution < -0.4 is 0 Å². The lowest BCUT2D eigenvalue weighted by atomic mass is 9.92. The van der Waals surface area contributed by atoms with Crippen molar-refractivity contribution < 1.29 is 14.0 Å². The first-order valence-electron chi connectivity index (χ1n) is 10.4. The van der Waals surface area contributed by atoms with Gasteiger partial charge < -0.3 is 14.2 Å². The molecule has 1 aromatic rings. The van der Waals surface area contributed by atoms with Gasteiger partial charge in [-0.05, 0) is 46.3 Å². The van der Waals surface area contributed by atoms with Crippen LogP contribution in [-0.2, 0) is 4.79 Å². The highest BCUT2D eigenvalue weighted by Crippen LogP contribution is 2.26. The minimum absolute atomic E-state index is 0. The Balaban J connectivity index is 0.00000420. The molecule has 9 heteroatoms. The molecule has 1 fully saturated rings. The summed E-state index contributed by atoms with van der Waals surface area (Å²) in [7, 11) is 4.07. The first kappa shape index (κ1) is 25.9. The van der Waals surface area contributed by atoms with Crippen LogP contribution in [0.3, 0.4) is 0 Å². The first-order chi connectivity index (χ1) is 13.6. The van der Waals surface area contributed by atoms with E-state index in [1.54, 1.807) is 4.90 Å². The van der Waals surface area contributed by atoms with Gasteiger partial charge in [-0.25, -0.2) is 0 Å². The van der Waals surface area contributed by atoms with E-state index in [1.165, 1.54) is 18.2 Å². The van der Waals surface area contributed by atoms with Gasteiger partial charge in [-0.15, -0.1) is 22.6 Å². The fourth-order valence-electron chi connectivity index (χ4n) is 3.66. The Morgan fingerprint density at radius 3 is 2.59 bits per heavy atom. The summed E-state index contributed by atoms with van der Waals surface area (Å²) in [4.78, 5) is 28.8. The second-order valence-electron chi connectivity index (χ2n) is 7.75.